The summed E-state index contributed by atoms with van der Waals surface area (Å²) >= 11 is 0. The second-order valence-electron chi connectivity index (χ2n) is 11.2. The molecule has 0 atom stereocenters. The molecular weight excluding hydrogens is 479 g/mol. The van der Waals surface area contributed by atoms with Gasteiger partial charge in [-0.3, -0.25) is 9.36 Å². The lowest BCUT2D eigenvalue weighted by Gasteiger charge is -2.17. The van der Waals surface area contributed by atoms with E-state index in [0.717, 1.165) is 23.2 Å². The average Bonchev–Trinajstić information content (AvgIpc) is 2.77. The topological polar surface area (TPSA) is 62.6 Å². The first-order valence-electron chi connectivity index (χ1n) is 12.0. The molecule has 0 saturated heterocycles. The molecule has 0 amide bonds. The summed E-state index contributed by atoms with van der Waals surface area (Å²) in [6.45, 7) is 15.2. The van der Waals surface area contributed by atoms with Crippen molar-refractivity contribution in [3.05, 3.63) is 58.9 Å². The van der Waals surface area contributed by atoms with E-state index in [1.165, 1.54) is 23.0 Å². The normalized spacial score (nSPS) is 12.3. The third-order valence-corrected chi connectivity index (χ3v) is 9.00. The maximum absolute atomic E-state index is 13.5. The standard InChI is InChI=1S/C26H37FN2O4Si2/c1-34(2,3)13-11-31-18-29-17-28-25-23(26(29)30)15-21(20-7-9-22(27)10-8-20)16-24(25)33-19-32-12-14-35(4,5)6/h7-10,15-17H,11-14,18-19H2,1-6H3. The first-order chi connectivity index (χ1) is 16.4. The van der Waals surface area contributed by atoms with Gasteiger partial charge >= 0.3 is 0 Å². The van der Waals surface area contributed by atoms with E-state index in [9.17, 15) is 9.18 Å². The summed E-state index contributed by atoms with van der Waals surface area (Å²) in [5.74, 6) is 0.139. The van der Waals surface area contributed by atoms with E-state index in [4.69, 9.17) is 14.2 Å². The van der Waals surface area contributed by atoms with Gasteiger partial charge in [0.25, 0.3) is 5.56 Å². The smallest absolute Gasteiger partial charge is 0.263 e. The molecule has 2 aromatic carbocycles. The maximum Gasteiger partial charge on any atom is 0.263 e. The number of nitrogens with zero attached hydrogens (tertiary/aromatic N) is 2. The molecule has 0 fully saturated rings. The third-order valence-electron chi connectivity index (χ3n) is 5.59. The van der Waals surface area contributed by atoms with Gasteiger partial charge in [-0.15, -0.1) is 0 Å². The van der Waals surface area contributed by atoms with Gasteiger partial charge in [-0.05, 0) is 47.5 Å². The highest BCUT2D eigenvalue weighted by molar-refractivity contribution is 6.76. The summed E-state index contributed by atoms with van der Waals surface area (Å²) < 4.78 is 32.4. The van der Waals surface area contributed by atoms with Crippen molar-refractivity contribution >= 4 is 27.1 Å². The van der Waals surface area contributed by atoms with Crippen molar-refractivity contribution in [2.75, 3.05) is 20.0 Å². The predicted molar refractivity (Wildman–Crippen MR) is 145 cm³/mol. The van der Waals surface area contributed by atoms with Crippen LogP contribution < -0.4 is 10.3 Å². The van der Waals surface area contributed by atoms with Crippen LogP contribution in [0.5, 0.6) is 5.75 Å². The molecule has 9 heteroatoms. The number of hydrogen-bond acceptors (Lipinski definition) is 5. The second-order valence-corrected chi connectivity index (χ2v) is 22.5. The molecule has 0 N–H and O–H groups in total. The Bertz CT molecular complexity index is 1190. The molecule has 190 valence electrons. The van der Waals surface area contributed by atoms with Gasteiger partial charge in [0.2, 0.25) is 0 Å². The Labute approximate surface area is 209 Å². The van der Waals surface area contributed by atoms with Crippen molar-refractivity contribution < 1.29 is 18.6 Å². The summed E-state index contributed by atoms with van der Waals surface area (Å²) in [4.78, 5) is 17.8. The van der Waals surface area contributed by atoms with E-state index in [0.29, 0.717) is 29.9 Å². The average molecular weight is 517 g/mol. The van der Waals surface area contributed by atoms with Crippen LogP contribution in [-0.4, -0.2) is 45.7 Å². The Hall–Kier alpha value is -2.34. The van der Waals surface area contributed by atoms with E-state index in [1.54, 1.807) is 18.2 Å². The number of hydrogen-bond donors (Lipinski definition) is 0. The van der Waals surface area contributed by atoms with Gasteiger partial charge in [0, 0.05) is 29.4 Å². The highest BCUT2D eigenvalue weighted by Crippen LogP contribution is 2.30. The number of halogens is 1. The van der Waals surface area contributed by atoms with Gasteiger partial charge in [-0.1, -0.05) is 51.4 Å². The number of fused-ring (bicyclic) bond motifs is 1. The van der Waals surface area contributed by atoms with Gasteiger partial charge in [0.1, 0.15) is 30.1 Å². The van der Waals surface area contributed by atoms with Crippen LogP contribution in [0.4, 0.5) is 4.39 Å². The fourth-order valence-corrected chi connectivity index (χ4v) is 4.85. The van der Waals surface area contributed by atoms with Gasteiger partial charge < -0.3 is 14.2 Å². The highest BCUT2D eigenvalue weighted by atomic mass is 28.3. The lowest BCUT2D eigenvalue weighted by atomic mass is 10.0. The van der Waals surface area contributed by atoms with Crippen LogP contribution in [0.3, 0.4) is 0 Å². The van der Waals surface area contributed by atoms with E-state index >= 15 is 0 Å². The first-order valence-corrected chi connectivity index (χ1v) is 19.4. The second kappa shape index (κ2) is 11.6. The highest BCUT2D eigenvalue weighted by Gasteiger charge is 2.16. The summed E-state index contributed by atoms with van der Waals surface area (Å²) in [5.41, 5.74) is 1.77. The van der Waals surface area contributed by atoms with Gasteiger partial charge in [0.15, 0.2) is 6.79 Å². The lowest BCUT2D eigenvalue weighted by molar-refractivity contribution is 0.0228. The Kier molecular flexibility index (Phi) is 9.03. The Morgan fingerprint density at radius 1 is 0.886 bits per heavy atom. The number of benzene rings is 2. The molecule has 0 bridgehead atoms. The van der Waals surface area contributed by atoms with Crippen LogP contribution in [0.1, 0.15) is 0 Å². The van der Waals surface area contributed by atoms with E-state index in [-0.39, 0.29) is 24.9 Å². The summed E-state index contributed by atoms with van der Waals surface area (Å²) in [5, 5.41) is 0.417. The van der Waals surface area contributed by atoms with E-state index in [1.807, 2.05) is 6.07 Å². The molecule has 1 aromatic heterocycles. The van der Waals surface area contributed by atoms with E-state index < -0.39 is 16.1 Å². The molecule has 0 radical (unpaired) electrons. The molecule has 0 saturated carbocycles. The number of aromatic nitrogens is 2. The predicted octanol–water partition coefficient (Wildman–Crippen LogP) is 6.21. The van der Waals surface area contributed by atoms with Crippen molar-refractivity contribution in [3.63, 3.8) is 0 Å². The fourth-order valence-electron chi connectivity index (χ4n) is 3.33. The number of ether oxygens (including phenoxy) is 3. The lowest BCUT2D eigenvalue weighted by Crippen LogP contribution is -2.25. The van der Waals surface area contributed by atoms with Crippen molar-refractivity contribution in [2.24, 2.45) is 0 Å². The SMILES string of the molecule is C[Si](C)(C)CCOCOc1cc(-c2ccc(F)cc2)cc2c(=O)n(COCC[Si](C)(C)C)cnc12. The van der Waals surface area contributed by atoms with Gasteiger partial charge in [0.05, 0.1) is 5.39 Å². The van der Waals surface area contributed by atoms with Crippen molar-refractivity contribution in [3.8, 4) is 16.9 Å². The Morgan fingerprint density at radius 2 is 1.51 bits per heavy atom. The molecule has 0 aliphatic heterocycles. The van der Waals surface area contributed by atoms with Crippen LogP contribution in [0.2, 0.25) is 51.4 Å². The summed E-state index contributed by atoms with van der Waals surface area (Å²) in [6.07, 6.45) is 1.50. The Morgan fingerprint density at radius 3 is 2.14 bits per heavy atom. The minimum atomic E-state index is -1.22. The van der Waals surface area contributed by atoms with Crippen LogP contribution in [0, 0.1) is 5.82 Å². The molecule has 3 aromatic rings. The molecule has 0 spiro atoms. The third kappa shape index (κ3) is 8.38. The molecule has 0 aliphatic rings. The number of rotatable bonds is 12. The monoisotopic (exact) mass is 516 g/mol. The minimum absolute atomic E-state index is 0.0665. The van der Waals surface area contributed by atoms with Crippen molar-refractivity contribution in [1.29, 1.82) is 0 Å². The quantitative estimate of drug-likeness (QED) is 0.163. The maximum atomic E-state index is 13.5. The molecule has 0 unspecified atom stereocenters. The molecular formula is C26H37FN2O4Si2. The fraction of sp³-hybridized carbons (Fsp3) is 0.462. The van der Waals surface area contributed by atoms with Crippen molar-refractivity contribution in [1.82, 2.24) is 9.55 Å². The van der Waals surface area contributed by atoms with E-state index in [2.05, 4.69) is 44.3 Å². The van der Waals surface area contributed by atoms with Crippen LogP contribution in [0.25, 0.3) is 22.0 Å². The summed E-state index contributed by atoms with van der Waals surface area (Å²) in [7, 11) is -2.42. The molecule has 0 aliphatic carbocycles. The summed E-state index contributed by atoms with van der Waals surface area (Å²) in [6, 6.07) is 11.8. The minimum Gasteiger partial charge on any atom is -0.465 e. The first kappa shape index (κ1) is 27.3. The van der Waals surface area contributed by atoms with Gasteiger partial charge in [-0.25, -0.2) is 9.37 Å². The zero-order chi connectivity index (χ0) is 25.6. The largest absolute Gasteiger partial charge is 0.465 e. The van der Waals surface area contributed by atoms with Crippen molar-refractivity contribution in [2.45, 2.75) is 58.1 Å². The van der Waals surface area contributed by atoms with Gasteiger partial charge in [-0.2, -0.15) is 0 Å². The zero-order valence-electron chi connectivity index (χ0n) is 21.7. The molecule has 35 heavy (non-hydrogen) atoms. The molecule has 3 rings (SSSR count). The van der Waals surface area contributed by atoms with Crippen LogP contribution in [-0.2, 0) is 16.2 Å². The van der Waals surface area contributed by atoms with Crippen LogP contribution >= 0.6 is 0 Å². The Balaban J connectivity index is 1.88. The molecule has 1 heterocycles. The zero-order valence-corrected chi connectivity index (χ0v) is 23.7. The van der Waals surface area contributed by atoms with Crippen LogP contribution in [0.15, 0.2) is 47.5 Å². The molecule has 6 nitrogen and oxygen atoms in total.